The first-order chi connectivity index (χ1) is 6.31. The fraction of sp³-hybridized carbons (Fsp3) is 1.00. The minimum absolute atomic E-state index is 0.272. The van der Waals surface area contributed by atoms with Gasteiger partial charge in [0.05, 0.1) is 12.9 Å². The topological polar surface area (TPSA) is 113 Å². The highest BCUT2D eigenvalue weighted by molar-refractivity contribution is 7.86. The van der Waals surface area contributed by atoms with Crippen LogP contribution in [0.4, 0.5) is 0 Å². The van der Waals surface area contributed by atoms with Gasteiger partial charge in [-0.1, -0.05) is 0 Å². The summed E-state index contributed by atoms with van der Waals surface area (Å²) in [4.78, 5) is 0. The van der Waals surface area contributed by atoms with Gasteiger partial charge in [-0.05, 0) is 0 Å². The van der Waals surface area contributed by atoms with Crippen LogP contribution in [-0.4, -0.2) is 61.2 Å². The highest BCUT2D eigenvalue weighted by atomic mass is 32.2. The largest absolute Gasteiger partial charge is 0.388 e. The first-order valence-corrected chi connectivity index (χ1v) is 5.67. The molecule has 3 N–H and O–H groups in total. The molecule has 1 rings (SSSR count). The van der Waals surface area contributed by atoms with Gasteiger partial charge in [0.15, 0.2) is 12.4 Å². The van der Waals surface area contributed by atoms with Gasteiger partial charge in [-0.25, -0.2) is 0 Å². The third-order valence-corrected chi connectivity index (χ3v) is 2.31. The van der Waals surface area contributed by atoms with E-state index in [2.05, 4.69) is 8.92 Å². The first-order valence-electron chi connectivity index (χ1n) is 3.85. The zero-order valence-corrected chi connectivity index (χ0v) is 8.22. The summed E-state index contributed by atoms with van der Waals surface area (Å²) >= 11 is 0. The van der Waals surface area contributed by atoms with Crippen LogP contribution in [0.3, 0.4) is 0 Å². The summed E-state index contributed by atoms with van der Waals surface area (Å²) in [5.41, 5.74) is 0. The zero-order chi connectivity index (χ0) is 10.9. The second-order valence-corrected chi connectivity index (χ2v) is 4.65. The molecule has 84 valence electrons. The number of rotatable bonds is 2. The zero-order valence-electron chi connectivity index (χ0n) is 7.40. The van der Waals surface area contributed by atoms with Gasteiger partial charge in [0.2, 0.25) is 0 Å². The van der Waals surface area contributed by atoms with E-state index in [-0.39, 0.29) is 6.61 Å². The Morgan fingerprint density at radius 2 is 1.93 bits per heavy atom. The summed E-state index contributed by atoms with van der Waals surface area (Å²) in [5, 5.41) is 27.5. The van der Waals surface area contributed by atoms with Gasteiger partial charge in [-0.3, -0.25) is 4.18 Å². The van der Waals surface area contributed by atoms with E-state index in [1.165, 1.54) is 0 Å². The van der Waals surface area contributed by atoms with Crippen LogP contribution in [0.2, 0.25) is 0 Å². The van der Waals surface area contributed by atoms with Crippen molar-refractivity contribution < 1.29 is 32.7 Å². The van der Waals surface area contributed by atoms with E-state index < -0.39 is 34.7 Å². The van der Waals surface area contributed by atoms with E-state index in [1.807, 2.05) is 0 Å². The van der Waals surface area contributed by atoms with Gasteiger partial charge in [0.1, 0.15) is 12.2 Å². The van der Waals surface area contributed by atoms with E-state index in [9.17, 15) is 13.5 Å². The number of aliphatic hydroxyl groups excluding tert-OH is 3. The Hall–Kier alpha value is -0.250. The fourth-order valence-electron chi connectivity index (χ4n) is 1.08. The standard InChI is InChI=1S/C6H12O7S/c1-14(10,11)13-5-4(8)3(7)2-12-6(5)9/h3-9H,2H2,1H3/t3?,4?,5-,6?/m0/s1. The lowest BCUT2D eigenvalue weighted by Gasteiger charge is -2.34. The molecule has 0 saturated carbocycles. The van der Waals surface area contributed by atoms with E-state index >= 15 is 0 Å². The number of aliphatic hydroxyl groups is 3. The molecule has 8 heteroatoms. The van der Waals surface area contributed by atoms with Crippen molar-refractivity contribution >= 4 is 10.1 Å². The Balaban J connectivity index is 2.73. The Kier molecular flexibility index (Phi) is 3.45. The van der Waals surface area contributed by atoms with Gasteiger partial charge in [-0.15, -0.1) is 0 Å². The maximum absolute atomic E-state index is 10.7. The number of hydrogen-bond donors (Lipinski definition) is 3. The van der Waals surface area contributed by atoms with E-state index in [0.717, 1.165) is 6.26 Å². The molecule has 1 saturated heterocycles. The quantitative estimate of drug-likeness (QED) is 0.444. The van der Waals surface area contributed by atoms with E-state index in [1.54, 1.807) is 0 Å². The smallest absolute Gasteiger partial charge is 0.264 e. The van der Waals surface area contributed by atoms with Crippen LogP contribution in [0.25, 0.3) is 0 Å². The van der Waals surface area contributed by atoms with Crippen LogP contribution < -0.4 is 0 Å². The molecule has 0 aromatic rings. The fourth-order valence-corrected chi connectivity index (χ4v) is 1.70. The summed E-state index contributed by atoms with van der Waals surface area (Å²) in [6.07, 6.45) is -5.05. The Morgan fingerprint density at radius 1 is 1.36 bits per heavy atom. The molecule has 0 aromatic carbocycles. The molecule has 0 amide bonds. The highest BCUT2D eigenvalue weighted by Gasteiger charge is 2.40. The molecule has 1 aliphatic heterocycles. The van der Waals surface area contributed by atoms with Crippen LogP contribution in [0.1, 0.15) is 0 Å². The lowest BCUT2D eigenvalue weighted by Crippen LogP contribution is -2.54. The van der Waals surface area contributed by atoms with Crippen molar-refractivity contribution in [2.24, 2.45) is 0 Å². The molecule has 3 unspecified atom stereocenters. The van der Waals surface area contributed by atoms with Crippen molar-refractivity contribution in [3.05, 3.63) is 0 Å². The van der Waals surface area contributed by atoms with Crippen LogP contribution in [-0.2, 0) is 19.0 Å². The number of hydrogen-bond acceptors (Lipinski definition) is 7. The van der Waals surface area contributed by atoms with Crippen molar-refractivity contribution in [2.75, 3.05) is 12.9 Å². The molecular formula is C6H12O7S. The molecule has 0 bridgehead atoms. The SMILES string of the molecule is CS(=O)(=O)O[C@@H]1C(O)OCC(O)C1O. The molecule has 1 aliphatic rings. The molecule has 4 atom stereocenters. The third-order valence-electron chi connectivity index (χ3n) is 1.74. The first kappa shape index (κ1) is 11.8. The lowest BCUT2D eigenvalue weighted by atomic mass is 10.1. The molecule has 0 aliphatic carbocycles. The van der Waals surface area contributed by atoms with E-state index in [4.69, 9.17) is 10.2 Å². The van der Waals surface area contributed by atoms with Crippen molar-refractivity contribution in [2.45, 2.75) is 24.6 Å². The highest BCUT2D eigenvalue weighted by Crippen LogP contribution is 2.18. The van der Waals surface area contributed by atoms with E-state index in [0.29, 0.717) is 0 Å². The van der Waals surface area contributed by atoms with Crippen LogP contribution in [0.5, 0.6) is 0 Å². The van der Waals surface area contributed by atoms with Crippen LogP contribution in [0, 0.1) is 0 Å². The molecule has 1 heterocycles. The summed E-state index contributed by atoms with van der Waals surface area (Å²) in [7, 11) is -3.82. The average Bonchev–Trinajstić information content (AvgIpc) is 2.04. The summed E-state index contributed by atoms with van der Waals surface area (Å²) in [6.45, 7) is -0.272. The Morgan fingerprint density at radius 3 is 2.43 bits per heavy atom. The number of ether oxygens (including phenoxy) is 1. The van der Waals surface area contributed by atoms with Gasteiger partial charge in [-0.2, -0.15) is 8.42 Å². The van der Waals surface area contributed by atoms with Crippen molar-refractivity contribution in [3.63, 3.8) is 0 Å². The van der Waals surface area contributed by atoms with Crippen molar-refractivity contribution in [1.82, 2.24) is 0 Å². The van der Waals surface area contributed by atoms with Gasteiger partial charge >= 0.3 is 0 Å². The predicted molar refractivity (Wildman–Crippen MR) is 43.7 cm³/mol. The monoisotopic (exact) mass is 228 g/mol. The molecule has 14 heavy (non-hydrogen) atoms. The van der Waals surface area contributed by atoms with Gasteiger partial charge in [0, 0.05) is 0 Å². The minimum Gasteiger partial charge on any atom is -0.388 e. The van der Waals surface area contributed by atoms with Crippen molar-refractivity contribution in [3.8, 4) is 0 Å². The third kappa shape index (κ3) is 2.87. The Labute approximate surface area is 81.0 Å². The summed E-state index contributed by atoms with van der Waals surface area (Å²) in [5.74, 6) is 0. The second kappa shape index (κ2) is 4.09. The van der Waals surface area contributed by atoms with Gasteiger partial charge < -0.3 is 20.1 Å². The van der Waals surface area contributed by atoms with Crippen LogP contribution in [0.15, 0.2) is 0 Å². The normalized spacial score (nSPS) is 39.7. The average molecular weight is 228 g/mol. The molecule has 0 aromatic heterocycles. The summed E-state index contributed by atoms with van der Waals surface area (Å²) < 4.78 is 30.4. The predicted octanol–water partition coefficient (Wildman–Crippen LogP) is -2.60. The minimum atomic E-state index is -3.82. The Bertz CT molecular complexity index is 287. The molecule has 0 radical (unpaired) electrons. The summed E-state index contributed by atoms with van der Waals surface area (Å²) in [6, 6.07) is 0. The molecular weight excluding hydrogens is 216 g/mol. The second-order valence-electron chi connectivity index (χ2n) is 3.05. The molecule has 1 fully saturated rings. The molecule has 7 nitrogen and oxygen atoms in total. The maximum atomic E-state index is 10.7. The van der Waals surface area contributed by atoms with Gasteiger partial charge in [0.25, 0.3) is 10.1 Å². The van der Waals surface area contributed by atoms with Crippen LogP contribution >= 0.6 is 0 Å². The maximum Gasteiger partial charge on any atom is 0.264 e. The lowest BCUT2D eigenvalue weighted by molar-refractivity contribution is -0.243. The molecule has 0 spiro atoms. The van der Waals surface area contributed by atoms with Crippen molar-refractivity contribution in [1.29, 1.82) is 0 Å².